The molecular formula is C14H18N2O2S. The quantitative estimate of drug-likeness (QED) is 0.848. The second kappa shape index (κ2) is 5.33. The third-order valence-corrected chi connectivity index (χ3v) is 5.03. The normalized spacial score (nSPS) is 19.6. The zero-order valence-corrected chi connectivity index (χ0v) is 11.7. The number of hydrogen-bond acceptors (Lipinski definition) is 3. The Labute approximate surface area is 116 Å². The largest absolute Gasteiger partial charge is 0.354 e. The fourth-order valence-corrected chi connectivity index (χ4v) is 3.94. The van der Waals surface area contributed by atoms with E-state index in [2.05, 4.69) is 11.4 Å². The van der Waals surface area contributed by atoms with Crippen LogP contribution in [0.2, 0.25) is 0 Å². The van der Waals surface area contributed by atoms with Gasteiger partial charge >= 0.3 is 0 Å². The lowest BCUT2D eigenvalue weighted by atomic mass is 9.99. The minimum Gasteiger partial charge on any atom is -0.354 e. The molecule has 0 aromatic carbocycles. The number of amides is 2. The minimum absolute atomic E-state index is 0.0424. The number of nitrogens with one attached hydrogen (secondary N) is 1. The van der Waals surface area contributed by atoms with Crippen LogP contribution in [0.15, 0.2) is 6.07 Å². The van der Waals surface area contributed by atoms with E-state index < -0.39 is 0 Å². The van der Waals surface area contributed by atoms with E-state index in [-0.39, 0.29) is 11.8 Å². The fraction of sp³-hybridized carbons (Fsp3) is 0.571. The van der Waals surface area contributed by atoms with E-state index >= 15 is 0 Å². The van der Waals surface area contributed by atoms with E-state index in [1.54, 1.807) is 16.2 Å². The molecule has 0 radical (unpaired) electrons. The lowest BCUT2D eigenvalue weighted by Crippen LogP contribution is -2.33. The number of aryl methyl sites for hydroxylation is 2. The predicted molar refractivity (Wildman–Crippen MR) is 74.5 cm³/mol. The summed E-state index contributed by atoms with van der Waals surface area (Å²) >= 11 is 1.65. The van der Waals surface area contributed by atoms with Crippen LogP contribution in [0.25, 0.3) is 0 Å². The Morgan fingerprint density at radius 2 is 2.05 bits per heavy atom. The van der Waals surface area contributed by atoms with E-state index in [1.165, 1.54) is 23.3 Å². The van der Waals surface area contributed by atoms with Gasteiger partial charge in [-0.15, -0.1) is 11.3 Å². The molecule has 0 saturated carbocycles. The third-order valence-electron chi connectivity index (χ3n) is 3.81. The third kappa shape index (κ3) is 2.66. The van der Waals surface area contributed by atoms with Crippen molar-refractivity contribution >= 4 is 23.2 Å². The molecule has 1 aromatic rings. The highest BCUT2D eigenvalue weighted by atomic mass is 32.1. The van der Waals surface area contributed by atoms with Crippen LogP contribution in [0.1, 0.15) is 39.4 Å². The Kier molecular flexibility index (Phi) is 3.55. The van der Waals surface area contributed by atoms with Gasteiger partial charge in [-0.05, 0) is 37.3 Å². The van der Waals surface area contributed by atoms with Crippen molar-refractivity contribution in [1.82, 2.24) is 10.2 Å². The summed E-state index contributed by atoms with van der Waals surface area (Å²) in [6, 6.07) is 2.07. The van der Waals surface area contributed by atoms with Crippen LogP contribution >= 0.6 is 11.3 Å². The topological polar surface area (TPSA) is 49.4 Å². The molecule has 1 aliphatic heterocycles. The van der Waals surface area contributed by atoms with Gasteiger partial charge in [0.15, 0.2) is 0 Å². The van der Waals surface area contributed by atoms with Gasteiger partial charge in [0.05, 0.1) is 4.88 Å². The molecule has 19 heavy (non-hydrogen) atoms. The number of carbonyl (C=O) groups excluding carboxylic acids is 2. The van der Waals surface area contributed by atoms with E-state index in [9.17, 15) is 9.59 Å². The summed E-state index contributed by atoms with van der Waals surface area (Å²) in [7, 11) is 0. The highest BCUT2D eigenvalue weighted by molar-refractivity contribution is 7.14. The molecule has 2 aliphatic rings. The molecule has 2 amide bonds. The molecule has 2 heterocycles. The van der Waals surface area contributed by atoms with E-state index in [0.717, 1.165) is 17.7 Å². The van der Waals surface area contributed by atoms with E-state index in [4.69, 9.17) is 0 Å². The average Bonchev–Trinajstić information content (AvgIpc) is 2.74. The second-order valence-electron chi connectivity index (χ2n) is 5.16. The van der Waals surface area contributed by atoms with Crippen molar-refractivity contribution in [2.75, 3.05) is 19.6 Å². The van der Waals surface area contributed by atoms with Crippen molar-refractivity contribution in [3.63, 3.8) is 0 Å². The number of carbonyl (C=O) groups is 2. The first-order valence-corrected chi connectivity index (χ1v) is 7.73. The highest BCUT2D eigenvalue weighted by Gasteiger charge is 2.23. The summed E-state index contributed by atoms with van der Waals surface area (Å²) in [5.74, 6) is 0.136. The first-order chi connectivity index (χ1) is 9.24. The molecule has 5 heteroatoms. The lowest BCUT2D eigenvalue weighted by Gasteiger charge is -2.18. The summed E-state index contributed by atoms with van der Waals surface area (Å²) in [4.78, 5) is 27.8. The van der Waals surface area contributed by atoms with Crippen molar-refractivity contribution < 1.29 is 9.59 Å². The van der Waals surface area contributed by atoms with Gasteiger partial charge < -0.3 is 10.2 Å². The van der Waals surface area contributed by atoms with E-state index in [0.29, 0.717) is 26.1 Å². The van der Waals surface area contributed by atoms with Crippen LogP contribution in [-0.4, -0.2) is 36.3 Å². The van der Waals surface area contributed by atoms with Crippen LogP contribution in [0.4, 0.5) is 0 Å². The van der Waals surface area contributed by atoms with Crippen molar-refractivity contribution in [3.8, 4) is 0 Å². The zero-order chi connectivity index (χ0) is 13.2. The van der Waals surface area contributed by atoms with Crippen molar-refractivity contribution in [1.29, 1.82) is 0 Å². The number of rotatable bonds is 1. The van der Waals surface area contributed by atoms with Crippen molar-refractivity contribution in [3.05, 3.63) is 21.4 Å². The van der Waals surface area contributed by atoms with Crippen LogP contribution in [0.5, 0.6) is 0 Å². The lowest BCUT2D eigenvalue weighted by molar-refractivity contribution is -0.120. The molecule has 102 valence electrons. The Morgan fingerprint density at radius 1 is 1.21 bits per heavy atom. The van der Waals surface area contributed by atoms with Crippen molar-refractivity contribution in [2.45, 2.75) is 32.1 Å². The average molecular weight is 278 g/mol. The van der Waals surface area contributed by atoms with Gasteiger partial charge in [0.2, 0.25) is 5.91 Å². The van der Waals surface area contributed by atoms with Gasteiger partial charge in [0, 0.05) is 30.9 Å². The maximum atomic E-state index is 12.5. The molecule has 0 spiro atoms. The molecule has 0 atom stereocenters. The molecule has 4 nitrogen and oxygen atoms in total. The van der Waals surface area contributed by atoms with Crippen LogP contribution < -0.4 is 5.32 Å². The molecule has 3 rings (SSSR count). The van der Waals surface area contributed by atoms with Crippen LogP contribution in [-0.2, 0) is 17.6 Å². The van der Waals surface area contributed by atoms with Crippen LogP contribution in [0, 0.1) is 0 Å². The maximum absolute atomic E-state index is 12.5. The zero-order valence-electron chi connectivity index (χ0n) is 10.9. The fourth-order valence-electron chi connectivity index (χ4n) is 2.72. The molecule has 0 bridgehead atoms. The van der Waals surface area contributed by atoms with Gasteiger partial charge in [0.25, 0.3) is 5.91 Å². The Bertz CT molecular complexity index is 486. The van der Waals surface area contributed by atoms with Crippen molar-refractivity contribution in [2.24, 2.45) is 0 Å². The Hall–Kier alpha value is -1.36. The molecule has 1 saturated heterocycles. The second-order valence-corrected chi connectivity index (χ2v) is 6.30. The summed E-state index contributed by atoms with van der Waals surface area (Å²) < 4.78 is 0. The van der Waals surface area contributed by atoms with E-state index in [1.807, 2.05) is 0 Å². The van der Waals surface area contributed by atoms with Gasteiger partial charge in [-0.1, -0.05) is 0 Å². The summed E-state index contributed by atoms with van der Waals surface area (Å²) in [6.07, 6.45) is 5.12. The Morgan fingerprint density at radius 3 is 2.89 bits per heavy atom. The number of hydrogen-bond donors (Lipinski definition) is 1. The number of nitrogens with zero attached hydrogens (tertiary/aromatic N) is 1. The maximum Gasteiger partial charge on any atom is 0.264 e. The first kappa shape index (κ1) is 12.7. The van der Waals surface area contributed by atoms with Crippen LogP contribution in [0.3, 0.4) is 0 Å². The minimum atomic E-state index is 0.0424. The smallest absolute Gasteiger partial charge is 0.264 e. The number of fused-ring (bicyclic) bond motifs is 1. The van der Waals surface area contributed by atoms with Gasteiger partial charge in [-0.3, -0.25) is 9.59 Å². The van der Waals surface area contributed by atoms with Gasteiger partial charge in [-0.25, -0.2) is 0 Å². The summed E-state index contributed by atoms with van der Waals surface area (Å²) in [6.45, 7) is 1.72. The predicted octanol–water partition coefficient (Wildman–Crippen LogP) is 1.59. The molecular weight excluding hydrogens is 260 g/mol. The first-order valence-electron chi connectivity index (χ1n) is 6.91. The number of thiophene rings is 1. The monoisotopic (exact) mass is 278 g/mol. The molecule has 1 aliphatic carbocycles. The molecule has 1 N–H and O–H groups in total. The SMILES string of the molecule is O=C1CCN(C(=O)c2cc3c(s2)CCCC3)CCN1. The summed E-state index contributed by atoms with van der Waals surface area (Å²) in [5.41, 5.74) is 1.36. The van der Waals surface area contributed by atoms with Gasteiger partial charge in [0.1, 0.15) is 0 Å². The summed E-state index contributed by atoms with van der Waals surface area (Å²) in [5, 5.41) is 2.80. The molecule has 1 fully saturated rings. The molecule has 0 unspecified atom stereocenters. The standard InChI is InChI=1S/C14H18N2O2S/c17-13-5-7-16(8-6-15-13)14(18)12-9-10-3-1-2-4-11(10)19-12/h9H,1-8H2,(H,15,17). The Balaban J connectivity index is 1.75. The molecule has 1 aromatic heterocycles. The van der Waals surface area contributed by atoms with Gasteiger partial charge in [-0.2, -0.15) is 0 Å². The highest BCUT2D eigenvalue weighted by Crippen LogP contribution is 2.30.